The third-order valence-corrected chi connectivity index (χ3v) is 7.80. The Bertz CT molecular complexity index is 1640. The second-order valence-corrected chi connectivity index (χ2v) is 10.8. The number of aliphatic imine (C=N–C) groups is 1. The molecule has 1 amide bonds. The molecule has 2 aliphatic heterocycles. The largest absolute Gasteiger partial charge is 0.496 e. The van der Waals surface area contributed by atoms with E-state index in [1.165, 1.54) is 0 Å². The second kappa shape index (κ2) is 13.3. The number of amides is 1. The number of fused-ring (bicyclic) bond motifs is 3. The van der Waals surface area contributed by atoms with E-state index < -0.39 is 0 Å². The zero-order chi connectivity index (χ0) is 29.6. The Morgan fingerprint density at radius 3 is 2.65 bits per heavy atom. The molecular formula is C33H33ClN6O3. The second-order valence-electron chi connectivity index (χ2n) is 10.4. The third kappa shape index (κ3) is 6.69. The van der Waals surface area contributed by atoms with Gasteiger partial charge in [-0.15, -0.1) is 0 Å². The van der Waals surface area contributed by atoms with Gasteiger partial charge in [0, 0.05) is 64.4 Å². The normalized spacial score (nSPS) is 14.6. The summed E-state index contributed by atoms with van der Waals surface area (Å²) in [6, 6.07) is 20.9. The van der Waals surface area contributed by atoms with Crippen LogP contribution in [0.15, 0.2) is 77.9 Å². The van der Waals surface area contributed by atoms with Crippen molar-refractivity contribution in [2.24, 2.45) is 4.99 Å². The molecule has 3 heterocycles. The Hall–Kier alpha value is -4.31. The summed E-state index contributed by atoms with van der Waals surface area (Å²) in [5, 5.41) is 6.90. The molecule has 3 aromatic carbocycles. The smallest absolute Gasteiger partial charge is 0.251 e. The van der Waals surface area contributed by atoms with Gasteiger partial charge in [0.15, 0.2) is 0 Å². The number of ether oxygens (including phenoxy) is 2. The highest BCUT2D eigenvalue weighted by molar-refractivity contribution is 6.31. The van der Waals surface area contributed by atoms with E-state index in [4.69, 9.17) is 31.1 Å². The molecule has 220 valence electrons. The molecule has 6 rings (SSSR count). The molecule has 2 N–H and O–H groups in total. The monoisotopic (exact) mass is 596 g/mol. The van der Waals surface area contributed by atoms with Crippen molar-refractivity contribution in [2.45, 2.75) is 13.0 Å². The molecule has 0 atom stereocenters. The minimum atomic E-state index is -0.0871. The first-order valence-electron chi connectivity index (χ1n) is 14.4. The molecule has 43 heavy (non-hydrogen) atoms. The number of para-hydroxylation sites is 1. The molecule has 0 bridgehead atoms. The average molecular weight is 597 g/mol. The number of aromatic nitrogens is 2. The van der Waals surface area contributed by atoms with Crippen molar-refractivity contribution in [2.75, 3.05) is 51.8 Å². The SMILES string of the molecule is COc1ccccc1C1=NCc2cnc(Nc3ccc(C(=O)NCCCN4CCOCC4)cc3)nc2-c2ccc(Cl)cc21. The van der Waals surface area contributed by atoms with Gasteiger partial charge in [0.2, 0.25) is 5.95 Å². The lowest BCUT2D eigenvalue weighted by molar-refractivity contribution is 0.0374. The molecule has 2 aliphatic rings. The summed E-state index contributed by atoms with van der Waals surface area (Å²) in [4.78, 5) is 29.4. The average Bonchev–Trinajstić information content (AvgIpc) is 3.20. The van der Waals surface area contributed by atoms with Crippen LogP contribution in [0.1, 0.15) is 33.5 Å². The van der Waals surface area contributed by atoms with Crippen LogP contribution in [0.3, 0.4) is 0 Å². The molecule has 0 radical (unpaired) electrons. The predicted octanol–water partition coefficient (Wildman–Crippen LogP) is 5.35. The van der Waals surface area contributed by atoms with Crippen LogP contribution >= 0.6 is 11.6 Å². The van der Waals surface area contributed by atoms with E-state index in [9.17, 15) is 4.79 Å². The first-order valence-corrected chi connectivity index (χ1v) is 14.8. The maximum atomic E-state index is 12.7. The van der Waals surface area contributed by atoms with E-state index in [0.717, 1.165) is 84.4 Å². The van der Waals surface area contributed by atoms with Gasteiger partial charge in [0.1, 0.15) is 5.75 Å². The first-order chi connectivity index (χ1) is 21.1. The molecule has 0 unspecified atom stereocenters. The maximum absolute atomic E-state index is 12.7. The van der Waals surface area contributed by atoms with Crippen LogP contribution in [0.25, 0.3) is 11.3 Å². The van der Waals surface area contributed by atoms with Crippen molar-refractivity contribution in [1.82, 2.24) is 20.2 Å². The van der Waals surface area contributed by atoms with Crippen LogP contribution in [0.4, 0.5) is 11.6 Å². The zero-order valence-electron chi connectivity index (χ0n) is 24.0. The summed E-state index contributed by atoms with van der Waals surface area (Å²) < 4.78 is 11.0. The van der Waals surface area contributed by atoms with Gasteiger partial charge in [-0.25, -0.2) is 9.97 Å². The molecule has 10 heteroatoms. The number of nitrogens with one attached hydrogen (secondary N) is 2. The summed E-state index contributed by atoms with van der Waals surface area (Å²) in [6.07, 6.45) is 2.71. The standard InChI is InChI=1S/C33H33ClN6O3/c1-42-29-6-3-2-5-27(29)31-28-19-24(34)9-12-26(28)30-23(20-36-31)21-37-33(39-30)38-25-10-7-22(8-11-25)32(41)35-13-4-14-40-15-17-43-18-16-40/h2-3,5-12,19,21H,4,13-18,20H2,1H3,(H,35,41)(H,37,38,39). The van der Waals surface area contributed by atoms with Crippen LogP contribution in [-0.2, 0) is 11.3 Å². The highest BCUT2D eigenvalue weighted by atomic mass is 35.5. The number of benzene rings is 3. The van der Waals surface area contributed by atoms with E-state index in [0.29, 0.717) is 29.6 Å². The third-order valence-electron chi connectivity index (χ3n) is 7.57. The Labute approximate surface area is 255 Å². The van der Waals surface area contributed by atoms with Crippen LogP contribution in [0.5, 0.6) is 5.75 Å². The van der Waals surface area contributed by atoms with Gasteiger partial charge in [0.05, 0.1) is 38.3 Å². The quantitative estimate of drug-likeness (QED) is 0.251. The lowest BCUT2D eigenvalue weighted by Crippen LogP contribution is -2.38. The van der Waals surface area contributed by atoms with E-state index in [1.54, 1.807) is 25.4 Å². The maximum Gasteiger partial charge on any atom is 0.251 e. The Kier molecular flexibility index (Phi) is 8.93. The Balaban J connectivity index is 1.16. The van der Waals surface area contributed by atoms with Crippen molar-refractivity contribution in [3.05, 3.63) is 100 Å². The number of anilines is 2. The van der Waals surface area contributed by atoms with Crippen LogP contribution in [0, 0.1) is 0 Å². The van der Waals surface area contributed by atoms with Gasteiger partial charge in [-0.05, 0) is 61.5 Å². The Morgan fingerprint density at radius 2 is 1.84 bits per heavy atom. The molecule has 0 aliphatic carbocycles. The van der Waals surface area contributed by atoms with Crippen LogP contribution in [-0.4, -0.2) is 73.0 Å². The molecule has 1 saturated heterocycles. The minimum Gasteiger partial charge on any atom is -0.496 e. The summed E-state index contributed by atoms with van der Waals surface area (Å²) in [5.74, 6) is 1.09. The number of hydrogen-bond acceptors (Lipinski definition) is 8. The van der Waals surface area contributed by atoms with Crippen LogP contribution in [0.2, 0.25) is 5.02 Å². The summed E-state index contributed by atoms with van der Waals surface area (Å²) >= 11 is 6.46. The number of hydrogen-bond donors (Lipinski definition) is 2. The topological polar surface area (TPSA) is 101 Å². The number of carbonyl (C=O) groups is 1. The van der Waals surface area contributed by atoms with Gasteiger partial charge in [-0.1, -0.05) is 29.8 Å². The van der Waals surface area contributed by atoms with E-state index in [1.807, 2.05) is 54.6 Å². The molecule has 0 saturated carbocycles. The number of methoxy groups -OCH3 is 1. The number of morpholine rings is 1. The highest BCUT2D eigenvalue weighted by Gasteiger charge is 2.23. The number of halogens is 1. The van der Waals surface area contributed by atoms with Crippen molar-refractivity contribution in [3.8, 4) is 17.0 Å². The van der Waals surface area contributed by atoms with Gasteiger partial charge >= 0.3 is 0 Å². The summed E-state index contributed by atoms with van der Waals surface area (Å²) in [6.45, 7) is 5.47. The lowest BCUT2D eigenvalue weighted by atomic mass is 9.95. The number of nitrogens with zero attached hydrogens (tertiary/aromatic N) is 4. The fourth-order valence-electron chi connectivity index (χ4n) is 5.32. The predicted molar refractivity (Wildman–Crippen MR) is 169 cm³/mol. The fraction of sp³-hybridized carbons (Fsp3) is 0.273. The molecule has 0 spiro atoms. The summed E-state index contributed by atoms with van der Waals surface area (Å²) in [7, 11) is 1.65. The first kappa shape index (κ1) is 28.8. The number of carbonyl (C=O) groups excluding carboxylic acids is 1. The minimum absolute atomic E-state index is 0.0871. The molecule has 4 aromatic rings. The van der Waals surface area contributed by atoms with E-state index >= 15 is 0 Å². The Morgan fingerprint density at radius 1 is 1.02 bits per heavy atom. The zero-order valence-corrected chi connectivity index (χ0v) is 24.7. The molecule has 1 fully saturated rings. The van der Waals surface area contributed by atoms with Gasteiger partial charge in [-0.2, -0.15) is 0 Å². The van der Waals surface area contributed by atoms with Crippen molar-refractivity contribution >= 4 is 34.9 Å². The lowest BCUT2D eigenvalue weighted by Gasteiger charge is -2.26. The molecule has 1 aromatic heterocycles. The van der Waals surface area contributed by atoms with Gasteiger partial charge < -0.3 is 20.1 Å². The van der Waals surface area contributed by atoms with Crippen molar-refractivity contribution in [3.63, 3.8) is 0 Å². The van der Waals surface area contributed by atoms with Gasteiger partial charge in [-0.3, -0.25) is 14.7 Å². The van der Waals surface area contributed by atoms with Gasteiger partial charge in [0.25, 0.3) is 5.91 Å². The highest BCUT2D eigenvalue weighted by Crippen LogP contribution is 2.35. The summed E-state index contributed by atoms with van der Waals surface area (Å²) in [5.41, 5.74) is 6.52. The van der Waals surface area contributed by atoms with E-state index in [-0.39, 0.29) is 5.91 Å². The van der Waals surface area contributed by atoms with E-state index in [2.05, 4.69) is 20.5 Å². The fourth-order valence-corrected chi connectivity index (χ4v) is 5.49. The van der Waals surface area contributed by atoms with Crippen LogP contribution < -0.4 is 15.4 Å². The number of rotatable bonds is 9. The molecular weight excluding hydrogens is 564 g/mol. The molecule has 9 nitrogen and oxygen atoms in total. The van der Waals surface area contributed by atoms with Crippen molar-refractivity contribution < 1.29 is 14.3 Å². The van der Waals surface area contributed by atoms with Crippen molar-refractivity contribution in [1.29, 1.82) is 0 Å².